The zero-order chi connectivity index (χ0) is 47.2. The molecule has 68 heavy (non-hydrogen) atoms. The van der Waals surface area contributed by atoms with Crippen LogP contribution in [0.3, 0.4) is 0 Å². The van der Waals surface area contributed by atoms with Crippen LogP contribution in [0.5, 0.6) is 0 Å². The number of fused-ring (bicyclic) bond motifs is 13. The van der Waals surface area contributed by atoms with Crippen molar-refractivity contribution in [2.24, 2.45) is 0 Å². The molecule has 340 valence electrons. The van der Waals surface area contributed by atoms with Gasteiger partial charge in [0.1, 0.15) is 0 Å². The third kappa shape index (κ3) is 5.94. The summed E-state index contributed by atoms with van der Waals surface area (Å²) in [5, 5.41) is 6.64. The molecule has 0 saturated carbocycles. The van der Waals surface area contributed by atoms with Gasteiger partial charge in [-0.05, 0) is 169 Å². The molecule has 0 unspecified atom stereocenters. The fourth-order valence-corrected chi connectivity index (χ4v) is 15.6. The van der Waals surface area contributed by atoms with E-state index in [0.29, 0.717) is 0 Å². The fraction of sp³-hybridized carbons (Fsp3) is 0.333. The van der Waals surface area contributed by atoms with Crippen molar-refractivity contribution in [3.05, 3.63) is 149 Å². The van der Waals surface area contributed by atoms with Gasteiger partial charge in [-0.15, -0.1) is 22.7 Å². The minimum absolute atomic E-state index is 0.0439. The predicted octanol–water partition coefficient (Wildman–Crippen LogP) is 17.4. The number of rotatable bonds is 2. The van der Waals surface area contributed by atoms with E-state index >= 15 is 0 Å². The first-order valence-corrected chi connectivity index (χ1v) is 26.8. The van der Waals surface area contributed by atoms with Crippen molar-refractivity contribution in [2.45, 2.75) is 136 Å². The van der Waals surface area contributed by atoms with Crippen LogP contribution in [-0.4, -0.2) is 6.85 Å². The number of hydrogen-bond acceptors (Lipinski definition) is 4. The van der Waals surface area contributed by atoms with Crippen LogP contribution < -0.4 is 20.0 Å². The Kier molecular flexibility index (Phi) is 8.74. The largest absolute Gasteiger partial charge is 0.376 e. The Morgan fingerprint density at radius 2 is 1.10 bits per heavy atom. The van der Waals surface area contributed by atoms with E-state index in [4.69, 9.17) is 0 Å². The minimum atomic E-state index is -0.0567. The second-order valence-electron chi connectivity index (χ2n) is 24.7. The number of hydrogen-bond donors (Lipinski definition) is 0. The summed E-state index contributed by atoms with van der Waals surface area (Å²) in [6.45, 7) is 29.2. The smallest absolute Gasteiger partial charge is 0.343 e. The molecule has 0 atom stereocenters. The van der Waals surface area contributed by atoms with Gasteiger partial charge in [-0.2, -0.15) is 0 Å². The van der Waals surface area contributed by atoms with E-state index in [0.717, 1.165) is 0 Å². The van der Waals surface area contributed by atoms with Gasteiger partial charge in [0.15, 0.2) is 0 Å². The van der Waals surface area contributed by atoms with Gasteiger partial charge < -0.3 is 9.71 Å². The van der Waals surface area contributed by atoms with Crippen molar-refractivity contribution in [1.29, 1.82) is 0 Å². The topological polar surface area (TPSA) is 6.48 Å². The van der Waals surface area contributed by atoms with Crippen LogP contribution in [-0.2, 0) is 27.1 Å². The summed E-state index contributed by atoms with van der Waals surface area (Å²) in [5.74, 6) is 0. The number of benzene rings is 7. The molecule has 0 N–H and O–H groups in total. The van der Waals surface area contributed by atoms with E-state index in [1.165, 1.54) is 150 Å². The van der Waals surface area contributed by atoms with Crippen molar-refractivity contribution >= 4 is 109 Å². The Morgan fingerprint density at radius 3 is 1.76 bits per heavy atom. The maximum atomic E-state index is 2.83. The summed E-state index contributed by atoms with van der Waals surface area (Å²) < 4.78 is 5.55. The van der Waals surface area contributed by atoms with Crippen LogP contribution in [0.15, 0.2) is 115 Å². The lowest BCUT2D eigenvalue weighted by Crippen LogP contribution is -2.60. The van der Waals surface area contributed by atoms with Crippen LogP contribution in [0, 0.1) is 6.92 Å². The Bertz CT molecular complexity index is 3650. The Morgan fingerprint density at radius 1 is 0.515 bits per heavy atom. The van der Waals surface area contributed by atoms with Crippen molar-refractivity contribution in [3.63, 3.8) is 0 Å². The standard InChI is InChI=1S/C63H63BN2S2/c1-36-29-46-48(62(9,10)27-25-60(46,5)6)34-50(36)65-55-45-33-47-49(63(11,12)28-26-61(47,7)8)35-53(45)68-58(55)64-54-43(32-44-41-19-15-16-20-52(41)67-57(44)56(54)65)42-30-37-17-13-14-18-38(37)31-51(42)66(64)40-23-21-39(22-24-40)59(2,3)4/h13-24,29-35H,25-28H2,1-12H3. The molecule has 0 spiro atoms. The van der Waals surface area contributed by atoms with Crippen LogP contribution in [0.2, 0.25) is 0 Å². The summed E-state index contributed by atoms with van der Waals surface area (Å²) in [6.07, 6.45) is 4.75. The molecule has 13 rings (SSSR count). The summed E-state index contributed by atoms with van der Waals surface area (Å²) in [6, 6.07) is 46.0. The molecule has 0 radical (unpaired) electrons. The van der Waals surface area contributed by atoms with Gasteiger partial charge in [0.05, 0.1) is 16.1 Å². The molecule has 4 heterocycles. The third-order valence-electron chi connectivity index (χ3n) is 17.4. The second kappa shape index (κ2) is 13.9. The Hall–Kier alpha value is -5.36. The summed E-state index contributed by atoms with van der Waals surface area (Å²) in [7, 11) is 0. The second-order valence-corrected chi connectivity index (χ2v) is 26.8. The highest BCUT2D eigenvalue weighted by Gasteiger charge is 2.50. The monoisotopic (exact) mass is 922 g/mol. The zero-order valence-corrected chi connectivity index (χ0v) is 43.7. The van der Waals surface area contributed by atoms with Gasteiger partial charge in [0, 0.05) is 53.0 Å². The van der Waals surface area contributed by atoms with Gasteiger partial charge in [0.25, 0.3) is 0 Å². The first-order valence-electron chi connectivity index (χ1n) is 25.2. The highest BCUT2D eigenvalue weighted by Crippen LogP contribution is 2.58. The molecule has 0 fully saturated rings. The van der Waals surface area contributed by atoms with E-state index in [9.17, 15) is 0 Å². The maximum Gasteiger partial charge on any atom is 0.343 e. The fourth-order valence-electron chi connectivity index (χ4n) is 13.0. The lowest BCUT2D eigenvalue weighted by atomic mass is 9.46. The average Bonchev–Trinajstić information content (AvgIpc) is 3.87. The van der Waals surface area contributed by atoms with Crippen LogP contribution in [0.25, 0.3) is 52.2 Å². The molecule has 0 amide bonds. The number of aryl methyl sites for hydroxylation is 1. The molecule has 9 aromatic rings. The van der Waals surface area contributed by atoms with Crippen LogP contribution in [0.1, 0.15) is 135 Å². The molecular weight excluding hydrogens is 860 g/mol. The predicted molar refractivity (Wildman–Crippen MR) is 300 cm³/mol. The Balaban J connectivity index is 1.23. The molecule has 2 aromatic heterocycles. The zero-order valence-electron chi connectivity index (χ0n) is 42.1. The molecular formula is C63H63BN2S2. The van der Waals surface area contributed by atoms with Gasteiger partial charge in [-0.1, -0.05) is 137 Å². The average molecular weight is 923 g/mol. The summed E-state index contributed by atoms with van der Waals surface area (Å²) >= 11 is 4.05. The maximum absolute atomic E-state index is 2.83. The number of anilines is 5. The van der Waals surface area contributed by atoms with Crippen molar-refractivity contribution in [3.8, 4) is 11.1 Å². The summed E-state index contributed by atoms with van der Waals surface area (Å²) in [5.41, 5.74) is 19.8. The highest BCUT2D eigenvalue weighted by molar-refractivity contribution is 7.33. The van der Waals surface area contributed by atoms with Crippen LogP contribution in [0.4, 0.5) is 28.4 Å². The molecule has 0 saturated heterocycles. The minimum Gasteiger partial charge on any atom is -0.376 e. The highest BCUT2D eigenvalue weighted by atomic mass is 32.1. The van der Waals surface area contributed by atoms with E-state index in [-0.39, 0.29) is 33.9 Å². The van der Waals surface area contributed by atoms with Crippen molar-refractivity contribution in [1.82, 2.24) is 0 Å². The van der Waals surface area contributed by atoms with E-state index in [2.05, 4.69) is 219 Å². The Labute approximate surface area is 412 Å². The molecule has 5 heteroatoms. The molecule has 2 aliphatic heterocycles. The van der Waals surface area contributed by atoms with E-state index in [1.807, 2.05) is 11.3 Å². The van der Waals surface area contributed by atoms with Crippen molar-refractivity contribution in [2.75, 3.05) is 9.71 Å². The normalized spacial score (nSPS) is 18.4. The molecule has 7 aromatic carbocycles. The molecule has 2 aliphatic carbocycles. The molecule has 4 aliphatic rings. The quantitative estimate of drug-likeness (QED) is 0.159. The van der Waals surface area contributed by atoms with E-state index in [1.54, 1.807) is 0 Å². The van der Waals surface area contributed by atoms with Gasteiger partial charge in [-0.3, -0.25) is 0 Å². The van der Waals surface area contributed by atoms with Crippen LogP contribution >= 0.6 is 22.7 Å². The number of nitrogens with zero attached hydrogens (tertiary/aromatic N) is 2. The summed E-state index contributed by atoms with van der Waals surface area (Å²) in [4.78, 5) is 5.58. The molecule has 0 bridgehead atoms. The first kappa shape index (κ1) is 42.7. The third-order valence-corrected chi connectivity index (χ3v) is 19.8. The van der Waals surface area contributed by atoms with Gasteiger partial charge in [0.2, 0.25) is 0 Å². The van der Waals surface area contributed by atoms with Gasteiger partial charge >= 0.3 is 6.85 Å². The van der Waals surface area contributed by atoms with Crippen molar-refractivity contribution < 1.29 is 0 Å². The number of thiophene rings is 2. The molecule has 2 nitrogen and oxygen atoms in total. The SMILES string of the molecule is Cc1cc2c(cc1N1c3c(sc4cc5c(cc34)C(C)(C)CCC5(C)C)B3c4c(cc5c(sc6ccccc65)c41)-c1cc4ccccc4cc1N3c1ccc(C(C)(C)C)cc1)C(C)(C)CCC2(C)C. The lowest BCUT2D eigenvalue weighted by molar-refractivity contribution is 0.332. The van der Waals surface area contributed by atoms with Gasteiger partial charge in [-0.25, -0.2) is 0 Å². The lowest BCUT2D eigenvalue weighted by Gasteiger charge is -2.46. The van der Waals surface area contributed by atoms with E-state index < -0.39 is 0 Å². The first-order chi connectivity index (χ1) is 32.2.